The summed E-state index contributed by atoms with van der Waals surface area (Å²) >= 11 is 0. The average Bonchev–Trinajstić information content (AvgIpc) is 3.36. The molecule has 0 fully saturated rings. The minimum atomic E-state index is -0.434. The second-order valence-corrected chi connectivity index (χ2v) is 8.03. The number of fused-ring (bicyclic) bond motifs is 1. The fourth-order valence-electron chi connectivity index (χ4n) is 3.30. The molecule has 0 saturated carbocycles. The highest BCUT2D eigenvalue weighted by Gasteiger charge is 2.14. The van der Waals surface area contributed by atoms with Crippen molar-refractivity contribution >= 4 is 22.7 Å². The molecule has 1 N–H and O–H groups in total. The summed E-state index contributed by atoms with van der Waals surface area (Å²) in [5, 5.41) is 6.68. The van der Waals surface area contributed by atoms with E-state index in [-0.39, 0.29) is 36.3 Å². The molecule has 0 aliphatic heterocycles. The van der Waals surface area contributed by atoms with Crippen molar-refractivity contribution in [3.05, 3.63) is 64.2 Å². The maximum Gasteiger partial charge on any atom is 0.419 e. The number of carbonyl (C=O) groups is 1. The van der Waals surface area contributed by atoms with Gasteiger partial charge in [-0.15, -0.1) is 0 Å². The van der Waals surface area contributed by atoms with E-state index in [1.165, 1.54) is 6.07 Å². The van der Waals surface area contributed by atoms with Crippen LogP contribution in [0.3, 0.4) is 0 Å². The first-order valence-corrected chi connectivity index (χ1v) is 10.5. The van der Waals surface area contributed by atoms with Crippen molar-refractivity contribution in [3.63, 3.8) is 0 Å². The standard InChI is InChI=1S/C23H24FN5O4/c1-14-4-5-15(12-17(14)24)22-26-21(33-27-22)9-8-20(30)25-16-6-7-19-18(13-16)29(23(31)32-19)11-10-28(2)3/h4-7,12-13H,8-11H2,1-3H3,(H,25,30). The smallest absolute Gasteiger partial charge is 0.408 e. The normalized spacial score (nSPS) is 11.4. The summed E-state index contributed by atoms with van der Waals surface area (Å²) in [5.41, 5.74) is 2.66. The number of likely N-dealkylation sites (N-methyl/N-ethyl adjacent to an activating group) is 1. The largest absolute Gasteiger partial charge is 0.419 e. The van der Waals surface area contributed by atoms with Crippen LogP contribution in [-0.2, 0) is 17.8 Å². The molecule has 0 spiro atoms. The third-order valence-electron chi connectivity index (χ3n) is 5.19. The summed E-state index contributed by atoms with van der Waals surface area (Å²) < 4.78 is 25.8. The van der Waals surface area contributed by atoms with Crippen LogP contribution in [0.15, 0.2) is 50.1 Å². The molecule has 0 atom stereocenters. The van der Waals surface area contributed by atoms with Gasteiger partial charge >= 0.3 is 5.76 Å². The molecule has 0 saturated heterocycles. The Morgan fingerprint density at radius 1 is 1.21 bits per heavy atom. The molecule has 2 heterocycles. The number of halogens is 1. The van der Waals surface area contributed by atoms with Gasteiger partial charge in [-0.25, -0.2) is 9.18 Å². The van der Waals surface area contributed by atoms with E-state index in [2.05, 4.69) is 15.5 Å². The van der Waals surface area contributed by atoms with E-state index in [0.29, 0.717) is 41.0 Å². The molecule has 10 heteroatoms. The van der Waals surface area contributed by atoms with Gasteiger partial charge in [-0.1, -0.05) is 17.3 Å². The van der Waals surface area contributed by atoms with E-state index >= 15 is 0 Å². The van der Waals surface area contributed by atoms with E-state index in [0.717, 1.165) is 0 Å². The number of oxazole rings is 1. The third kappa shape index (κ3) is 5.17. The summed E-state index contributed by atoms with van der Waals surface area (Å²) in [6.45, 7) is 2.82. The Kier molecular flexibility index (Phi) is 6.36. The predicted octanol–water partition coefficient (Wildman–Crippen LogP) is 3.22. The zero-order valence-corrected chi connectivity index (χ0v) is 18.6. The van der Waals surface area contributed by atoms with Gasteiger partial charge in [-0.2, -0.15) is 4.98 Å². The molecule has 0 aliphatic rings. The quantitative estimate of drug-likeness (QED) is 0.437. The predicted molar refractivity (Wildman–Crippen MR) is 120 cm³/mol. The van der Waals surface area contributed by atoms with Crippen molar-refractivity contribution < 1.29 is 18.1 Å². The van der Waals surface area contributed by atoms with Gasteiger partial charge < -0.3 is 19.2 Å². The summed E-state index contributed by atoms with van der Waals surface area (Å²) in [4.78, 5) is 30.8. The number of nitrogens with zero attached hydrogens (tertiary/aromatic N) is 4. The summed E-state index contributed by atoms with van der Waals surface area (Å²) in [6, 6.07) is 9.75. The SMILES string of the molecule is Cc1ccc(-c2noc(CCC(=O)Nc3ccc4oc(=O)n(CCN(C)C)c4c3)n2)cc1F. The van der Waals surface area contributed by atoms with Crippen LogP contribution in [0.4, 0.5) is 10.1 Å². The lowest BCUT2D eigenvalue weighted by atomic mass is 10.1. The Bertz CT molecular complexity index is 1350. The Balaban J connectivity index is 1.40. The van der Waals surface area contributed by atoms with Crippen molar-refractivity contribution in [2.75, 3.05) is 26.0 Å². The molecule has 33 heavy (non-hydrogen) atoms. The fraction of sp³-hybridized carbons (Fsp3) is 0.304. The summed E-state index contributed by atoms with van der Waals surface area (Å²) in [6.07, 6.45) is 0.343. The number of nitrogens with one attached hydrogen (secondary N) is 1. The van der Waals surface area contributed by atoms with Crippen LogP contribution in [0.5, 0.6) is 0 Å². The second-order valence-electron chi connectivity index (χ2n) is 8.03. The Hall–Kier alpha value is -3.79. The lowest BCUT2D eigenvalue weighted by molar-refractivity contribution is -0.116. The van der Waals surface area contributed by atoms with E-state index in [1.54, 1.807) is 41.8 Å². The Morgan fingerprint density at radius 3 is 2.79 bits per heavy atom. The zero-order chi connectivity index (χ0) is 23.5. The van der Waals surface area contributed by atoms with Gasteiger partial charge in [0.05, 0.1) is 5.52 Å². The fourth-order valence-corrected chi connectivity index (χ4v) is 3.30. The van der Waals surface area contributed by atoms with Crippen LogP contribution in [0.2, 0.25) is 0 Å². The molecule has 0 bridgehead atoms. The van der Waals surface area contributed by atoms with Crippen LogP contribution in [0.25, 0.3) is 22.5 Å². The molecule has 4 rings (SSSR count). The monoisotopic (exact) mass is 453 g/mol. The van der Waals surface area contributed by atoms with Gasteiger partial charge in [-0.05, 0) is 50.8 Å². The van der Waals surface area contributed by atoms with Gasteiger partial charge in [0, 0.05) is 37.2 Å². The number of hydrogen-bond donors (Lipinski definition) is 1. The van der Waals surface area contributed by atoms with Crippen molar-refractivity contribution in [2.24, 2.45) is 0 Å². The Morgan fingerprint density at radius 2 is 2.03 bits per heavy atom. The minimum Gasteiger partial charge on any atom is -0.408 e. The number of rotatable bonds is 8. The molecule has 0 radical (unpaired) electrons. The van der Waals surface area contributed by atoms with Crippen LogP contribution in [-0.4, -0.2) is 46.2 Å². The third-order valence-corrected chi connectivity index (χ3v) is 5.19. The Labute approximate surface area is 188 Å². The van der Waals surface area contributed by atoms with Crippen molar-refractivity contribution in [1.29, 1.82) is 0 Å². The molecule has 0 aliphatic carbocycles. The van der Waals surface area contributed by atoms with E-state index in [4.69, 9.17) is 8.94 Å². The number of carbonyl (C=O) groups excluding carboxylic acids is 1. The van der Waals surface area contributed by atoms with Crippen molar-refractivity contribution in [2.45, 2.75) is 26.3 Å². The number of anilines is 1. The molecular weight excluding hydrogens is 429 g/mol. The molecular formula is C23H24FN5O4. The lowest BCUT2D eigenvalue weighted by Gasteiger charge is -2.10. The molecule has 2 aromatic heterocycles. The van der Waals surface area contributed by atoms with Crippen LogP contribution in [0, 0.1) is 12.7 Å². The van der Waals surface area contributed by atoms with Crippen molar-refractivity contribution in [3.8, 4) is 11.4 Å². The number of aromatic nitrogens is 3. The maximum atomic E-state index is 13.8. The minimum absolute atomic E-state index is 0.112. The highest BCUT2D eigenvalue weighted by molar-refractivity contribution is 5.92. The zero-order valence-electron chi connectivity index (χ0n) is 18.6. The molecule has 4 aromatic rings. The number of benzene rings is 2. The van der Waals surface area contributed by atoms with Crippen LogP contribution in [0.1, 0.15) is 17.9 Å². The highest BCUT2D eigenvalue weighted by Crippen LogP contribution is 2.21. The number of hydrogen-bond acceptors (Lipinski definition) is 7. The lowest BCUT2D eigenvalue weighted by Crippen LogP contribution is -2.23. The topological polar surface area (TPSA) is 106 Å². The van der Waals surface area contributed by atoms with Gasteiger partial charge in [0.1, 0.15) is 5.82 Å². The summed E-state index contributed by atoms with van der Waals surface area (Å²) in [7, 11) is 3.84. The van der Waals surface area contributed by atoms with E-state index < -0.39 is 5.76 Å². The number of aryl methyl sites for hydroxylation is 2. The van der Waals surface area contributed by atoms with Crippen LogP contribution < -0.4 is 11.1 Å². The molecule has 172 valence electrons. The molecule has 1 amide bonds. The molecule has 0 unspecified atom stereocenters. The highest BCUT2D eigenvalue weighted by atomic mass is 19.1. The molecule has 9 nitrogen and oxygen atoms in total. The number of amides is 1. The van der Waals surface area contributed by atoms with E-state index in [1.807, 2.05) is 19.0 Å². The summed E-state index contributed by atoms with van der Waals surface area (Å²) in [5.74, 6) is -0.480. The van der Waals surface area contributed by atoms with E-state index in [9.17, 15) is 14.0 Å². The molecule has 2 aromatic carbocycles. The van der Waals surface area contributed by atoms with Gasteiger partial charge in [-0.3, -0.25) is 9.36 Å². The first-order chi connectivity index (χ1) is 15.8. The first-order valence-electron chi connectivity index (χ1n) is 10.5. The second kappa shape index (κ2) is 9.37. The maximum absolute atomic E-state index is 13.8. The van der Waals surface area contributed by atoms with Crippen molar-refractivity contribution in [1.82, 2.24) is 19.6 Å². The van der Waals surface area contributed by atoms with Gasteiger partial charge in [0.2, 0.25) is 17.6 Å². The first kappa shape index (κ1) is 22.4. The van der Waals surface area contributed by atoms with Gasteiger partial charge in [0.15, 0.2) is 5.58 Å². The van der Waals surface area contributed by atoms with Gasteiger partial charge in [0.25, 0.3) is 0 Å². The van der Waals surface area contributed by atoms with Crippen LogP contribution >= 0.6 is 0 Å². The average molecular weight is 453 g/mol.